The fourth-order valence-electron chi connectivity index (χ4n) is 2.94. The summed E-state index contributed by atoms with van der Waals surface area (Å²) in [7, 11) is 0. The van der Waals surface area contributed by atoms with Crippen molar-refractivity contribution < 1.29 is 14.7 Å². The topological polar surface area (TPSA) is 70.5 Å². The number of nitrogens with zero attached hydrogens (tertiary/aromatic N) is 2. The summed E-state index contributed by atoms with van der Waals surface area (Å²) >= 11 is 0. The van der Waals surface area contributed by atoms with E-state index in [4.69, 9.17) is 0 Å². The normalized spacial score (nSPS) is 21.1. The number of rotatable bonds is 4. The van der Waals surface area contributed by atoms with Gasteiger partial charge in [0.25, 0.3) is 0 Å². The number of aromatic nitrogens is 1. The highest BCUT2D eigenvalue weighted by Crippen LogP contribution is 2.38. The van der Waals surface area contributed by atoms with Crippen molar-refractivity contribution in [1.29, 1.82) is 0 Å². The molecule has 1 aromatic heterocycles. The second kappa shape index (κ2) is 5.97. The first-order chi connectivity index (χ1) is 10.7. The molecule has 1 aromatic carbocycles. The quantitative estimate of drug-likeness (QED) is 0.939. The average molecular weight is 296 g/mol. The van der Waals surface area contributed by atoms with E-state index in [0.29, 0.717) is 6.54 Å². The second-order valence-electron chi connectivity index (χ2n) is 5.39. The van der Waals surface area contributed by atoms with Crippen LogP contribution in [0.25, 0.3) is 0 Å². The summed E-state index contributed by atoms with van der Waals surface area (Å²) in [4.78, 5) is 29.6. The highest BCUT2D eigenvalue weighted by molar-refractivity contribution is 5.87. The minimum absolute atomic E-state index is 0.0295. The van der Waals surface area contributed by atoms with Crippen LogP contribution >= 0.6 is 0 Å². The molecule has 2 atom stereocenters. The van der Waals surface area contributed by atoms with E-state index in [0.717, 1.165) is 11.1 Å². The van der Waals surface area contributed by atoms with Gasteiger partial charge in [0.15, 0.2) is 0 Å². The van der Waals surface area contributed by atoms with Crippen LogP contribution in [0.3, 0.4) is 0 Å². The first-order valence-corrected chi connectivity index (χ1v) is 7.13. The summed E-state index contributed by atoms with van der Waals surface area (Å²) in [5, 5.41) is 9.45. The summed E-state index contributed by atoms with van der Waals surface area (Å²) in [5.74, 6) is -1.82. The molecule has 1 aliphatic rings. The fraction of sp³-hybridized carbons (Fsp3) is 0.235. The maximum absolute atomic E-state index is 12.3. The zero-order chi connectivity index (χ0) is 15.5. The molecule has 2 aromatic rings. The third kappa shape index (κ3) is 2.70. The number of aliphatic carboxylic acids is 1. The van der Waals surface area contributed by atoms with Gasteiger partial charge in [0.2, 0.25) is 5.91 Å². The number of hydrogen-bond donors (Lipinski definition) is 1. The van der Waals surface area contributed by atoms with Crippen molar-refractivity contribution in [2.45, 2.75) is 19.0 Å². The number of carbonyl (C=O) groups is 2. The zero-order valence-corrected chi connectivity index (χ0v) is 11.9. The van der Waals surface area contributed by atoms with Gasteiger partial charge in [0, 0.05) is 25.4 Å². The van der Waals surface area contributed by atoms with Crippen LogP contribution in [0.5, 0.6) is 0 Å². The van der Waals surface area contributed by atoms with Crippen molar-refractivity contribution in [1.82, 2.24) is 9.88 Å². The van der Waals surface area contributed by atoms with E-state index in [9.17, 15) is 14.7 Å². The smallest absolute Gasteiger partial charge is 0.309 e. The van der Waals surface area contributed by atoms with Crippen LogP contribution in [-0.4, -0.2) is 26.9 Å². The van der Waals surface area contributed by atoms with Crippen molar-refractivity contribution in [3.63, 3.8) is 0 Å². The largest absolute Gasteiger partial charge is 0.481 e. The number of carboxylic acid groups (broad SMARTS) is 1. The Morgan fingerprint density at radius 1 is 1.23 bits per heavy atom. The van der Waals surface area contributed by atoms with Crippen molar-refractivity contribution in [3.05, 3.63) is 66.0 Å². The van der Waals surface area contributed by atoms with Gasteiger partial charge in [-0.25, -0.2) is 0 Å². The standard InChI is InChI=1S/C17H16N2O3/c20-15-9-14(17(21)22)16(13-7-4-8-18-10-13)19(15)11-12-5-2-1-3-6-12/h1-8,10,14,16H,9,11H2,(H,21,22)/t14-,16-/m1/s1. The molecule has 0 unspecified atom stereocenters. The predicted octanol–water partition coefficient (Wildman–Crippen LogP) is 2.26. The lowest BCUT2D eigenvalue weighted by molar-refractivity contribution is -0.142. The van der Waals surface area contributed by atoms with Crippen LogP contribution in [0.2, 0.25) is 0 Å². The number of amides is 1. The van der Waals surface area contributed by atoms with Crippen molar-refractivity contribution in [3.8, 4) is 0 Å². The van der Waals surface area contributed by atoms with E-state index in [2.05, 4.69) is 4.98 Å². The van der Waals surface area contributed by atoms with E-state index in [1.165, 1.54) is 0 Å². The van der Waals surface area contributed by atoms with Gasteiger partial charge in [0.05, 0.1) is 12.0 Å². The first kappa shape index (κ1) is 14.3. The van der Waals surface area contributed by atoms with Gasteiger partial charge < -0.3 is 10.0 Å². The third-order valence-electron chi connectivity index (χ3n) is 3.97. The Morgan fingerprint density at radius 3 is 2.64 bits per heavy atom. The zero-order valence-electron chi connectivity index (χ0n) is 11.9. The van der Waals surface area contributed by atoms with Crippen LogP contribution in [0.4, 0.5) is 0 Å². The molecule has 1 N–H and O–H groups in total. The van der Waals surface area contributed by atoms with Crippen LogP contribution in [0, 0.1) is 5.92 Å². The van der Waals surface area contributed by atoms with E-state index >= 15 is 0 Å². The SMILES string of the molecule is O=C(O)[C@@H]1CC(=O)N(Cc2ccccc2)[C@@H]1c1cccnc1. The Kier molecular flexibility index (Phi) is 3.87. The fourth-order valence-corrected chi connectivity index (χ4v) is 2.94. The highest BCUT2D eigenvalue weighted by Gasteiger charge is 2.44. The van der Waals surface area contributed by atoms with Crippen molar-refractivity contribution in [2.24, 2.45) is 5.92 Å². The van der Waals surface area contributed by atoms with E-state index in [1.54, 1.807) is 23.4 Å². The number of pyridine rings is 1. The summed E-state index contributed by atoms with van der Waals surface area (Å²) in [6.07, 6.45) is 3.30. The van der Waals surface area contributed by atoms with Crippen molar-refractivity contribution >= 4 is 11.9 Å². The second-order valence-corrected chi connectivity index (χ2v) is 5.39. The molecule has 1 aliphatic heterocycles. The van der Waals surface area contributed by atoms with Crippen LogP contribution in [0.15, 0.2) is 54.9 Å². The van der Waals surface area contributed by atoms with Gasteiger partial charge in [-0.05, 0) is 17.2 Å². The van der Waals surface area contributed by atoms with Gasteiger partial charge in [-0.15, -0.1) is 0 Å². The van der Waals surface area contributed by atoms with Gasteiger partial charge in [-0.3, -0.25) is 14.6 Å². The molecular formula is C17H16N2O3. The molecule has 22 heavy (non-hydrogen) atoms. The number of likely N-dealkylation sites (tertiary alicyclic amines) is 1. The molecule has 0 saturated carbocycles. The Balaban J connectivity index is 1.95. The minimum Gasteiger partial charge on any atom is -0.481 e. The number of hydrogen-bond acceptors (Lipinski definition) is 3. The Labute approximate surface area is 128 Å². The van der Waals surface area contributed by atoms with Crippen LogP contribution < -0.4 is 0 Å². The molecule has 0 spiro atoms. The molecule has 0 radical (unpaired) electrons. The molecule has 5 nitrogen and oxygen atoms in total. The molecule has 1 fully saturated rings. The molecule has 1 amide bonds. The first-order valence-electron chi connectivity index (χ1n) is 7.13. The lowest BCUT2D eigenvalue weighted by Crippen LogP contribution is -2.30. The number of carbonyl (C=O) groups excluding carboxylic acids is 1. The molecule has 0 bridgehead atoms. The molecule has 1 saturated heterocycles. The lowest BCUT2D eigenvalue weighted by atomic mass is 9.94. The van der Waals surface area contributed by atoms with Gasteiger partial charge in [-0.1, -0.05) is 36.4 Å². The molecule has 0 aliphatic carbocycles. The molecular weight excluding hydrogens is 280 g/mol. The summed E-state index contributed by atoms with van der Waals surface area (Å²) in [6, 6.07) is 12.7. The monoisotopic (exact) mass is 296 g/mol. The van der Waals surface area contributed by atoms with E-state index in [1.807, 2.05) is 36.4 Å². The van der Waals surface area contributed by atoms with Crippen molar-refractivity contribution in [2.75, 3.05) is 0 Å². The maximum atomic E-state index is 12.3. The minimum atomic E-state index is -0.947. The average Bonchev–Trinajstić information content (AvgIpc) is 2.86. The third-order valence-corrected chi connectivity index (χ3v) is 3.97. The Morgan fingerprint density at radius 2 is 2.00 bits per heavy atom. The number of carboxylic acids is 1. The van der Waals surface area contributed by atoms with Crippen LogP contribution in [-0.2, 0) is 16.1 Å². The van der Waals surface area contributed by atoms with E-state index in [-0.39, 0.29) is 12.3 Å². The Bertz CT molecular complexity index is 673. The van der Waals surface area contributed by atoms with E-state index < -0.39 is 17.9 Å². The predicted molar refractivity (Wildman–Crippen MR) is 79.7 cm³/mol. The molecule has 112 valence electrons. The maximum Gasteiger partial charge on any atom is 0.309 e. The van der Waals surface area contributed by atoms with Gasteiger partial charge in [0.1, 0.15) is 0 Å². The summed E-state index contributed by atoms with van der Waals surface area (Å²) in [5.41, 5.74) is 1.74. The summed E-state index contributed by atoms with van der Waals surface area (Å²) in [6.45, 7) is 0.406. The van der Waals surface area contributed by atoms with Gasteiger partial charge >= 0.3 is 5.97 Å². The highest BCUT2D eigenvalue weighted by atomic mass is 16.4. The Hall–Kier alpha value is -2.69. The summed E-state index contributed by atoms with van der Waals surface area (Å²) < 4.78 is 0. The molecule has 2 heterocycles. The van der Waals surface area contributed by atoms with Crippen LogP contribution in [0.1, 0.15) is 23.6 Å². The molecule has 5 heteroatoms. The lowest BCUT2D eigenvalue weighted by Gasteiger charge is -2.27. The van der Waals surface area contributed by atoms with Gasteiger partial charge in [-0.2, -0.15) is 0 Å². The number of benzene rings is 1. The molecule has 3 rings (SSSR count).